The van der Waals surface area contributed by atoms with E-state index in [4.69, 9.17) is 1.37 Å². The van der Waals surface area contributed by atoms with Crippen LogP contribution in [-0.2, 0) is 7.05 Å². The summed E-state index contributed by atoms with van der Waals surface area (Å²) < 4.78 is 10.8. The maximum absolute atomic E-state index is 8.66. The maximum Gasteiger partial charge on any atom is 0.220 e. The molecule has 0 saturated heterocycles. The van der Waals surface area contributed by atoms with Gasteiger partial charge in [-0.2, -0.15) is 4.57 Å². The third-order valence-electron chi connectivity index (χ3n) is 5.19. The summed E-state index contributed by atoms with van der Waals surface area (Å²) in [6, 6.07) is 9.38. The molecule has 3 aromatic rings. The van der Waals surface area contributed by atoms with Gasteiger partial charge >= 0.3 is 0 Å². The topological polar surface area (TPSA) is 16.8 Å². The second-order valence-electron chi connectivity index (χ2n) is 6.63. The van der Waals surface area contributed by atoms with Crippen LogP contribution in [0.25, 0.3) is 22.0 Å². The van der Waals surface area contributed by atoms with Gasteiger partial charge in [-0.15, -0.1) is 0 Å². The summed E-state index contributed by atoms with van der Waals surface area (Å²) in [7, 11) is 2.05. The highest BCUT2D eigenvalue weighted by Gasteiger charge is 2.20. The zero-order valence-corrected chi connectivity index (χ0v) is 15.4. The van der Waals surface area contributed by atoms with Gasteiger partial charge in [-0.25, -0.2) is 0 Å². The minimum Gasteiger partial charge on any atom is -0.264 e. The number of rotatable bonds is 4. The van der Waals surface area contributed by atoms with Crippen molar-refractivity contribution in [2.75, 3.05) is 0 Å². The standard InChI is InChI=1S/C22H27N2/c1-6-17(7-2)18-8-9-21-19(13-18)12-16(4)24(5)22(21)20-10-11-23-14-15(20)3/h8-14,17H,6-7H2,1-5H3/q+1/i12D. The highest BCUT2D eigenvalue weighted by Crippen LogP contribution is 2.31. The summed E-state index contributed by atoms with van der Waals surface area (Å²) >= 11 is 0. The zero-order chi connectivity index (χ0) is 18.1. The number of hydrogen-bond donors (Lipinski definition) is 0. The van der Waals surface area contributed by atoms with Crippen molar-refractivity contribution in [2.45, 2.75) is 46.5 Å². The lowest BCUT2D eigenvalue weighted by molar-refractivity contribution is -0.665. The smallest absolute Gasteiger partial charge is 0.220 e. The number of aromatic nitrogens is 2. The molecule has 0 radical (unpaired) electrons. The molecule has 0 aliphatic rings. The first-order valence-corrected chi connectivity index (χ1v) is 8.83. The molecule has 3 rings (SSSR count). The highest BCUT2D eigenvalue weighted by atomic mass is 14.9. The van der Waals surface area contributed by atoms with Crippen LogP contribution >= 0.6 is 0 Å². The van der Waals surface area contributed by atoms with E-state index in [0.717, 1.165) is 34.9 Å². The van der Waals surface area contributed by atoms with E-state index in [-0.39, 0.29) is 0 Å². The minimum absolute atomic E-state index is 0.559. The lowest BCUT2D eigenvalue weighted by Crippen LogP contribution is -2.35. The van der Waals surface area contributed by atoms with Crippen molar-refractivity contribution in [1.82, 2.24) is 4.98 Å². The Morgan fingerprint density at radius 1 is 1.17 bits per heavy atom. The van der Waals surface area contributed by atoms with Gasteiger partial charge < -0.3 is 0 Å². The Morgan fingerprint density at radius 2 is 1.92 bits per heavy atom. The van der Waals surface area contributed by atoms with Crippen LogP contribution in [0, 0.1) is 13.8 Å². The molecule has 2 nitrogen and oxygen atoms in total. The first-order chi connectivity index (χ1) is 12.0. The molecule has 0 saturated carbocycles. The van der Waals surface area contributed by atoms with Crippen molar-refractivity contribution < 1.29 is 5.94 Å². The van der Waals surface area contributed by atoms with E-state index in [0.29, 0.717) is 12.0 Å². The Labute approximate surface area is 146 Å². The normalized spacial score (nSPS) is 12.0. The molecule has 0 atom stereocenters. The quantitative estimate of drug-likeness (QED) is 0.600. The zero-order valence-electron chi connectivity index (χ0n) is 16.4. The Bertz CT molecular complexity index is 927. The van der Waals surface area contributed by atoms with Gasteiger partial charge in [0.05, 0.1) is 12.3 Å². The highest BCUT2D eigenvalue weighted by molar-refractivity contribution is 5.94. The molecule has 0 amide bonds. The number of aryl methyl sites for hydroxylation is 1. The van der Waals surface area contributed by atoms with E-state index >= 15 is 0 Å². The fourth-order valence-electron chi connectivity index (χ4n) is 3.58. The number of benzene rings is 1. The molecule has 2 heteroatoms. The van der Waals surface area contributed by atoms with Gasteiger partial charge in [-0.05, 0) is 54.3 Å². The molecule has 0 fully saturated rings. The van der Waals surface area contributed by atoms with Crippen molar-refractivity contribution in [3.05, 3.63) is 59.5 Å². The van der Waals surface area contributed by atoms with E-state index in [2.05, 4.69) is 61.6 Å². The number of nitrogens with zero attached hydrogens (tertiary/aromatic N) is 2. The van der Waals surface area contributed by atoms with Crippen LogP contribution in [-0.4, -0.2) is 4.98 Å². The van der Waals surface area contributed by atoms with Gasteiger partial charge in [0, 0.05) is 25.4 Å². The molecule has 124 valence electrons. The van der Waals surface area contributed by atoms with E-state index in [9.17, 15) is 0 Å². The van der Waals surface area contributed by atoms with Crippen LogP contribution in [0.3, 0.4) is 0 Å². The first-order valence-electron chi connectivity index (χ1n) is 9.33. The van der Waals surface area contributed by atoms with E-state index < -0.39 is 0 Å². The Hall–Kier alpha value is -2.22. The average molecular weight is 320 g/mol. The fourth-order valence-corrected chi connectivity index (χ4v) is 3.58. The molecule has 0 spiro atoms. The SMILES string of the molecule is [2H]c1c(C)[n+](C)c(-c2ccncc2C)c2ccc(C(CC)CC)cc12. The second kappa shape index (κ2) is 6.72. The lowest BCUT2D eigenvalue weighted by atomic mass is 9.91. The van der Waals surface area contributed by atoms with Gasteiger partial charge in [0.25, 0.3) is 0 Å². The summed E-state index contributed by atoms with van der Waals surface area (Å²) in [5.41, 5.74) is 5.83. The molecule has 1 aromatic carbocycles. The molecule has 2 aromatic heterocycles. The predicted molar refractivity (Wildman–Crippen MR) is 101 cm³/mol. The molecule has 24 heavy (non-hydrogen) atoms. The Morgan fingerprint density at radius 3 is 2.58 bits per heavy atom. The maximum atomic E-state index is 8.66. The summed E-state index contributed by atoms with van der Waals surface area (Å²) in [4.78, 5) is 4.23. The van der Waals surface area contributed by atoms with Crippen LogP contribution < -0.4 is 4.57 Å². The Kier molecular flexibility index (Phi) is 4.29. The van der Waals surface area contributed by atoms with Gasteiger partial charge in [0.15, 0.2) is 5.69 Å². The average Bonchev–Trinajstić information content (AvgIpc) is 2.63. The van der Waals surface area contributed by atoms with Gasteiger partial charge in [0.2, 0.25) is 5.69 Å². The van der Waals surface area contributed by atoms with Crippen molar-refractivity contribution in [3.63, 3.8) is 0 Å². The molecule has 0 unspecified atom stereocenters. The number of pyridine rings is 2. The first kappa shape index (κ1) is 15.3. The Balaban J connectivity index is 2.37. The molecular formula is C22H27N2+. The summed E-state index contributed by atoms with van der Waals surface area (Å²) in [6.45, 7) is 8.60. The van der Waals surface area contributed by atoms with Crippen LogP contribution in [0.1, 0.15) is 50.8 Å². The molecular weight excluding hydrogens is 292 g/mol. The molecule has 0 N–H and O–H groups in total. The van der Waals surface area contributed by atoms with Crippen LogP contribution in [0.5, 0.6) is 0 Å². The third kappa shape index (κ3) is 2.82. The van der Waals surface area contributed by atoms with E-state index in [1.54, 1.807) is 0 Å². The number of fused-ring (bicyclic) bond motifs is 1. The van der Waals surface area contributed by atoms with Gasteiger partial charge in [0.1, 0.15) is 7.05 Å². The van der Waals surface area contributed by atoms with Crippen LogP contribution in [0.2, 0.25) is 0 Å². The predicted octanol–water partition coefficient (Wildman–Crippen LogP) is 5.25. The monoisotopic (exact) mass is 320 g/mol. The van der Waals surface area contributed by atoms with Crippen molar-refractivity contribution >= 4 is 10.8 Å². The molecule has 0 aliphatic carbocycles. The van der Waals surface area contributed by atoms with Crippen LogP contribution in [0.4, 0.5) is 0 Å². The van der Waals surface area contributed by atoms with E-state index in [1.165, 1.54) is 16.8 Å². The van der Waals surface area contributed by atoms with Crippen molar-refractivity contribution in [2.24, 2.45) is 7.05 Å². The van der Waals surface area contributed by atoms with Gasteiger partial charge in [-0.1, -0.05) is 26.0 Å². The summed E-state index contributed by atoms with van der Waals surface area (Å²) in [6.07, 6.45) is 6.01. The molecule has 2 heterocycles. The summed E-state index contributed by atoms with van der Waals surface area (Å²) in [5, 5.41) is 2.19. The minimum atomic E-state index is 0.559. The van der Waals surface area contributed by atoms with E-state index in [1.807, 2.05) is 19.3 Å². The second-order valence-corrected chi connectivity index (χ2v) is 6.63. The molecule has 0 bridgehead atoms. The fraction of sp³-hybridized carbons (Fsp3) is 0.364. The number of hydrogen-bond acceptors (Lipinski definition) is 1. The lowest BCUT2D eigenvalue weighted by Gasteiger charge is -2.15. The summed E-state index contributed by atoms with van der Waals surface area (Å²) in [5.74, 6) is 0.559. The van der Waals surface area contributed by atoms with Crippen molar-refractivity contribution in [3.8, 4) is 11.3 Å². The van der Waals surface area contributed by atoms with Crippen LogP contribution in [0.15, 0.2) is 42.7 Å². The van der Waals surface area contributed by atoms with Gasteiger partial charge in [-0.3, -0.25) is 4.98 Å². The van der Waals surface area contributed by atoms with Crippen molar-refractivity contribution in [1.29, 1.82) is 0 Å². The largest absolute Gasteiger partial charge is 0.264 e. The molecule has 0 aliphatic heterocycles. The third-order valence-corrected chi connectivity index (χ3v) is 5.19.